The number of nitrogens with zero attached hydrogens (tertiary/aromatic N) is 3. The summed E-state index contributed by atoms with van der Waals surface area (Å²) in [5.41, 5.74) is 2.85. The molecule has 1 saturated carbocycles. The van der Waals surface area contributed by atoms with E-state index in [1.54, 1.807) is 4.90 Å². The number of likely N-dealkylation sites (tertiary alicyclic amines) is 1. The number of piperidine rings is 1. The molecule has 1 spiro atoms. The molecule has 1 aromatic heterocycles. The Hall–Kier alpha value is -2.54. The quantitative estimate of drug-likeness (QED) is 0.701. The third-order valence-electron chi connectivity index (χ3n) is 8.53. The van der Waals surface area contributed by atoms with Crippen LogP contribution in [0.25, 0.3) is 10.9 Å². The van der Waals surface area contributed by atoms with E-state index in [9.17, 15) is 9.59 Å². The van der Waals surface area contributed by atoms with Gasteiger partial charge in [0.2, 0.25) is 5.91 Å². The summed E-state index contributed by atoms with van der Waals surface area (Å²) in [5.74, 6) is 0.495. The van der Waals surface area contributed by atoms with Crippen molar-refractivity contribution < 1.29 is 14.3 Å². The van der Waals surface area contributed by atoms with Gasteiger partial charge in [-0.05, 0) is 76.1 Å². The molecule has 3 fully saturated rings. The molecule has 2 aliphatic heterocycles. The maximum Gasteiger partial charge on any atom is 0.409 e. The zero-order valence-corrected chi connectivity index (χ0v) is 20.6. The second-order valence-electron chi connectivity index (χ2n) is 10.4. The number of carbonyl (C=O) groups excluding carboxylic acids is 2. The topological polar surface area (TPSA) is 68.9 Å². The van der Waals surface area contributed by atoms with E-state index in [4.69, 9.17) is 4.74 Å². The van der Waals surface area contributed by atoms with Crippen LogP contribution < -0.4 is 0 Å². The number of ether oxygens (including phenoxy) is 1. The lowest BCUT2D eigenvalue weighted by Gasteiger charge is -2.38. The smallest absolute Gasteiger partial charge is 0.409 e. The normalized spacial score (nSPS) is 23.3. The third kappa shape index (κ3) is 4.54. The van der Waals surface area contributed by atoms with Crippen molar-refractivity contribution >= 4 is 22.9 Å². The van der Waals surface area contributed by atoms with Crippen molar-refractivity contribution in [2.24, 2.45) is 11.3 Å². The number of piperazine rings is 1. The van der Waals surface area contributed by atoms with Gasteiger partial charge >= 0.3 is 6.09 Å². The highest BCUT2D eigenvalue weighted by Gasteiger charge is 2.59. The largest absolute Gasteiger partial charge is 0.450 e. The number of hydrogen-bond donors (Lipinski definition) is 1. The van der Waals surface area contributed by atoms with Gasteiger partial charge in [0.1, 0.15) is 0 Å². The summed E-state index contributed by atoms with van der Waals surface area (Å²) >= 11 is 0. The summed E-state index contributed by atoms with van der Waals surface area (Å²) in [4.78, 5) is 34.8. The van der Waals surface area contributed by atoms with E-state index in [-0.39, 0.29) is 17.4 Å². The van der Waals surface area contributed by atoms with E-state index in [0.29, 0.717) is 44.7 Å². The van der Waals surface area contributed by atoms with Crippen LogP contribution in [0.2, 0.25) is 0 Å². The number of benzene rings is 1. The number of hydrogen-bond acceptors (Lipinski definition) is 4. The molecule has 2 amide bonds. The minimum atomic E-state index is -0.260. The molecular formula is C27H38N4O3. The summed E-state index contributed by atoms with van der Waals surface area (Å²) in [6.07, 6.45) is 7.45. The van der Waals surface area contributed by atoms with Gasteiger partial charge in [0.25, 0.3) is 0 Å². The zero-order valence-electron chi connectivity index (χ0n) is 20.6. The van der Waals surface area contributed by atoms with Crippen molar-refractivity contribution in [1.29, 1.82) is 0 Å². The molecule has 2 saturated heterocycles. The van der Waals surface area contributed by atoms with Gasteiger partial charge in [0.05, 0.1) is 6.61 Å². The maximum absolute atomic E-state index is 13.2. The molecule has 7 heteroatoms. The number of H-pyrrole nitrogens is 1. The van der Waals surface area contributed by atoms with Crippen LogP contribution in [0.5, 0.6) is 0 Å². The highest BCUT2D eigenvalue weighted by atomic mass is 16.6. The Morgan fingerprint density at radius 3 is 2.53 bits per heavy atom. The fourth-order valence-electron chi connectivity index (χ4n) is 6.09. The van der Waals surface area contributed by atoms with Gasteiger partial charge in [-0.1, -0.05) is 18.2 Å². The molecular weight excluding hydrogens is 428 g/mol. The molecule has 1 aromatic carbocycles. The summed E-state index contributed by atoms with van der Waals surface area (Å²) in [7, 11) is 0. The summed E-state index contributed by atoms with van der Waals surface area (Å²) in [6.45, 7) is 9.15. The molecule has 34 heavy (non-hydrogen) atoms. The van der Waals surface area contributed by atoms with E-state index in [1.165, 1.54) is 16.5 Å². The number of nitrogens with one attached hydrogen (secondary N) is 1. The molecule has 1 aliphatic carbocycles. The van der Waals surface area contributed by atoms with Crippen LogP contribution in [-0.4, -0.2) is 83.6 Å². The summed E-state index contributed by atoms with van der Waals surface area (Å²) < 4.78 is 5.09. The lowest BCUT2D eigenvalue weighted by molar-refractivity contribution is -0.135. The number of aromatic amines is 1. The highest BCUT2D eigenvalue weighted by Crippen LogP contribution is 2.60. The Morgan fingerprint density at radius 2 is 1.79 bits per heavy atom. The van der Waals surface area contributed by atoms with Crippen LogP contribution in [0.4, 0.5) is 4.79 Å². The van der Waals surface area contributed by atoms with Gasteiger partial charge in [-0.3, -0.25) is 4.79 Å². The van der Waals surface area contributed by atoms with Gasteiger partial charge in [0.15, 0.2) is 0 Å². The van der Waals surface area contributed by atoms with Crippen molar-refractivity contribution in [3.05, 3.63) is 36.0 Å². The first-order chi connectivity index (χ1) is 16.5. The molecule has 0 radical (unpaired) electrons. The SMILES string of the molecule is CCOC(=O)N1CCN(C(=O)C2CC23CCN(C(C)CCc2c[nH]c4ccccc24)CC3)CC1. The molecule has 5 rings (SSSR count). The molecule has 7 nitrogen and oxygen atoms in total. The number of aromatic nitrogens is 1. The average molecular weight is 467 g/mol. The van der Waals surface area contributed by atoms with E-state index < -0.39 is 0 Å². The molecule has 3 heterocycles. The van der Waals surface area contributed by atoms with E-state index >= 15 is 0 Å². The monoisotopic (exact) mass is 466 g/mol. The van der Waals surface area contributed by atoms with Gasteiger partial charge in [-0.15, -0.1) is 0 Å². The number of carbonyl (C=O) groups is 2. The van der Waals surface area contributed by atoms with Gasteiger partial charge in [-0.25, -0.2) is 4.79 Å². The van der Waals surface area contributed by atoms with Gasteiger partial charge in [-0.2, -0.15) is 0 Å². The first kappa shape index (κ1) is 23.2. The van der Waals surface area contributed by atoms with Crippen LogP contribution in [0.1, 0.15) is 45.1 Å². The predicted octanol–water partition coefficient (Wildman–Crippen LogP) is 3.89. The minimum Gasteiger partial charge on any atom is -0.450 e. The fraction of sp³-hybridized carbons (Fsp3) is 0.630. The second kappa shape index (κ2) is 9.61. The van der Waals surface area contributed by atoms with Crippen LogP contribution in [0.15, 0.2) is 30.5 Å². The van der Waals surface area contributed by atoms with E-state index in [0.717, 1.165) is 45.2 Å². The molecule has 0 bridgehead atoms. The number of para-hydroxylation sites is 1. The second-order valence-corrected chi connectivity index (χ2v) is 10.4. The van der Waals surface area contributed by atoms with Crippen LogP contribution in [0.3, 0.4) is 0 Å². The Morgan fingerprint density at radius 1 is 1.09 bits per heavy atom. The first-order valence-electron chi connectivity index (χ1n) is 13.0. The third-order valence-corrected chi connectivity index (χ3v) is 8.53. The Balaban J connectivity index is 1.07. The molecule has 3 aliphatic rings. The lowest BCUT2D eigenvalue weighted by Crippen LogP contribution is -2.51. The lowest BCUT2D eigenvalue weighted by atomic mass is 9.89. The van der Waals surface area contributed by atoms with Crippen LogP contribution in [0, 0.1) is 11.3 Å². The molecule has 2 unspecified atom stereocenters. The predicted molar refractivity (Wildman–Crippen MR) is 133 cm³/mol. The summed E-state index contributed by atoms with van der Waals surface area (Å²) in [6, 6.07) is 9.08. The van der Waals surface area contributed by atoms with E-state index in [2.05, 4.69) is 47.3 Å². The Bertz CT molecular complexity index is 1020. The van der Waals surface area contributed by atoms with Crippen LogP contribution in [-0.2, 0) is 16.0 Å². The minimum absolute atomic E-state index is 0.185. The maximum atomic E-state index is 13.2. The first-order valence-corrected chi connectivity index (χ1v) is 13.0. The van der Waals surface area contributed by atoms with Gasteiger partial charge < -0.3 is 24.4 Å². The van der Waals surface area contributed by atoms with Crippen molar-refractivity contribution in [3.63, 3.8) is 0 Å². The van der Waals surface area contributed by atoms with Crippen molar-refractivity contribution in [3.8, 4) is 0 Å². The van der Waals surface area contributed by atoms with Gasteiger partial charge in [0, 0.05) is 55.2 Å². The number of aryl methyl sites for hydroxylation is 1. The standard InChI is InChI=1S/C27H38N4O3/c1-3-34-26(33)31-16-14-30(15-17-31)25(32)23-18-27(23)10-12-29(13-11-27)20(2)8-9-21-19-28-24-7-5-4-6-22(21)24/h4-7,19-20,23,28H,3,8-18H2,1-2H3. The average Bonchev–Trinajstić information content (AvgIpc) is 3.40. The zero-order chi connectivity index (χ0) is 23.7. The molecule has 2 atom stereocenters. The fourth-order valence-corrected chi connectivity index (χ4v) is 6.09. The Labute approximate surface area is 202 Å². The Kier molecular flexibility index (Phi) is 6.56. The molecule has 2 aromatic rings. The number of rotatable bonds is 6. The highest BCUT2D eigenvalue weighted by molar-refractivity contribution is 5.83. The number of amides is 2. The molecule has 184 valence electrons. The number of fused-ring (bicyclic) bond motifs is 1. The van der Waals surface area contributed by atoms with Crippen molar-refractivity contribution in [1.82, 2.24) is 19.7 Å². The van der Waals surface area contributed by atoms with Crippen molar-refractivity contribution in [2.75, 3.05) is 45.9 Å². The van der Waals surface area contributed by atoms with Crippen LogP contribution >= 0.6 is 0 Å². The van der Waals surface area contributed by atoms with Crippen molar-refractivity contribution in [2.45, 2.75) is 52.0 Å². The van der Waals surface area contributed by atoms with E-state index in [1.807, 2.05) is 11.8 Å². The summed E-state index contributed by atoms with van der Waals surface area (Å²) in [5, 5.41) is 1.34. The molecule has 1 N–H and O–H groups in total.